The van der Waals surface area contributed by atoms with Gasteiger partial charge in [0.15, 0.2) is 5.60 Å². The standard InChI is InChI=1S/C26H29IN4O4/c1-18(5-3-4-13-30-17-21(12-14-32)28-29-30)26(34)23-15-22(35-2)10-11-24(23)31(25(26)33)16-19-6-8-20(27)9-7-19/h3,5-11,15,17-18,32,34H,4,12-14,16H2,1-2H3/b5-3+/t18-,26+/m0/s1. The number of ether oxygens (including phenoxy) is 1. The van der Waals surface area contributed by atoms with E-state index in [-0.39, 0.29) is 12.5 Å². The number of aromatic nitrogens is 3. The van der Waals surface area contributed by atoms with E-state index in [4.69, 9.17) is 9.84 Å². The molecule has 0 aliphatic carbocycles. The normalized spacial score (nSPS) is 18.3. The van der Waals surface area contributed by atoms with E-state index in [0.29, 0.717) is 42.9 Å². The molecule has 2 N–H and O–H groups in total. The van der Waals surface area contributed by atoms with Crippen molar-refractivity contribution < 1.29 is 19.7 Å². The molecule has 1 aliphatic rings. The summed E-state index contributed by atoms with van der Waals surface area (Å²) < 4.78 is 8.23. The third-order valence-corrected chi connectivity index (χ3v) is 7.01. The first-order valence-corrected chi connectivity index (χ1v) is 12.6. The van der Waals surface area contributed by atoms with Crippen molar-refractivity contribution in [3.63, 3.8) is 0 Å². The van der Waals surface area contributed by atoms with E-state index in [1.165, 1.54) is 0 Å². The number of hydrogen-bond acceptors (Lipinski definition) is 6. The summed E-state index contributed by atoms with van der Waals surface area (Å²) in [6, 6.07) is 13.4. The van der Waals surface area contributed by atoms with Gasteiger partial charge in [-0.2, -0.15) is 0 Å². The Bertz CT molecular complexity index is 1210. The van der Waals surface area contributed by atoms with Crippen molar-refractivity contribution in [2.24, 2.45) is 5.92 Å². The topological polar surface area (TPSA) is 101 Å². The average Bonchev–Trinajstić information content (AvgIpc) is 3.40. The van der Waals surface area contributed by atoms with Gasteiger partial charge in [0.2, 0.25) is 0 Å². The summed E-state index contributed by atoms with van der Waals surface area (Å²) in [7, 11) is 1.57. The van der Waals surface area contributed by atoms with Crippen LogP contribution in [-0.4, -0.2) is 44.8 Å². The molecule has 8 nitrogen and oxygen atoms in total. The Morgan fingerprint density at radius 3 is 2.71 bits per heavy atom. The van der Waals surface area contributed by atoms with Gasteiger partial charge >= 0.3 is 0 Å². The molecule has 0 unspecified atom stereocenters. The molecule has 1 aliphatic heterocycles. The highest BCUT2D eigenvalue weighted by atomic mass is 127. The Morgan fingerprint density at radius 1 is 1.23 bits per heavy atom. The van der Waals surface area contributed by atoms with E-state index < -0.39 is 11.5 Å². The van der Waals surface area contributed by atoms with Crippen molar-refractivity contribution in [1.29, 1.82) is 0 Å². The van der Waals surface area contributed by atoms with Crippen LogP contribution >= 0.6 is 22.6 Å². The number of amides is 1. The molecule has 3 aromatic rings. The van der Waals surface area contributed by atoms with Crippen LogP contribution in [-0.2, 0) is 29.9 Å². The fourth-order valence-corrected chi connectivity index (χ4v) is 4.67. The van der Waals surface area contributed by atoms with Crippen LogP contribution in [0.5, 0.6) is 5.75 Å². The molecule has 184 valence electrons. The number of allylic oxidation sites excluding steroid dienone is 1. The quantitative estimate of drug-likeness (QED) is 0.278. The zero-order valence-electron chi connectivity index (χ0n) is 19.8. The van der Waals surface area contributed by atoms with Gasteiger partial charge in [-0.25, -0.2) is 0 Å². The van der Waals surface area contributed by atoms with E-state index >= 15 is 0 Å². The first-order valence-electron chi connectivity index (χ1n) is 11.5. The lowest BCUT2D eigenvalue weighted by Crippen LogP contribution is -2.44. The van der Waals surface area contributed by atoms with Crippen LogP contribution < -0.4 is 9.64 Å². The van der Waals surface area contributed by atoms with Gasteiger partial charge in [-0.15, -0.1) is 5.10 Å². The summed E-state index contributed by atoms with van der Waals surface area (Å²) in [6.07, 6.45) is 6.77. The first-order chi connectivity index (χ1) is 16.9. The van der Waals surface area contributed by atoms with Crippen LogP contribution in [0, 0.1) is 9.49 Å². The molecule has 2 atom stereocenters. The van der Waals surface area contributed by atoms with Crippen molar-refractivity contribution in [3.8, 4) is 5.75 Å². The van der Waals surface area contributed by atoms with Gasteiger partial charge in [-0.1, -0.05) is 36.4 Å². The van der Waals surface area contributed by atoms with Gasteiger partial charge < -0.3 is 19.8 Å². The SMILES string of the molecule is COc1ccc2c(c1)[C@](O)([C@@H](C)/C=C/CCn1cc(CCO)nn1)C(=O)N2Cc1ccc(I)cc1. The highest BCUT2D eigenvalue weighted by Gasteiger charge is 2.52. The molecule has 0 spiro atoms. The predicted octanol–water partition coefficient (Wildman–Crippen LogP) is 3.44. The number of methoxy groups -OCH3 is 1. The number of rotatable bonds is 10. The maximum atomic E-state index is 13.7. The lowest BCUT2D eigenvalue weighted by Gasteiger charge is -2.27. The Labute approximate surface area is 218 Å². The zero-order chi connectivity index (χ0) is 25.0. The van der Waals surface area contributed by atoms with Crippen LogP contribution in [0.2, 0.25) is 0 Å². The number of aliphatic hydroxyl groups is 2. The molecule has 0 fully saturated rings. The van der Waals surface area contributed by atoms with Crippen LogP contribution in [0.25, 0.3) is 0 Å². The fraction of sp³-hybridized carbons (Fsp3) is 0.346. The molecule has 1 amide bonds. The van der Waals surface area contributed by atoms with Crippen molar-refractivity contribution >= 4 is 34.2 Å². The number of hydrogen-bond donors (Lipinski definition) is 2. The van der Waals surface area contributed by atoms with Crippen molar-refractivity contribution in [2.45, 2.75) is 38.5 Å². The largest absolute Gasteiger partial charge is 0.497 e. The molecule has 2 heterocycles. The minimum atomic E-state index is -1.70. The molecule has 9 heteroatoms. The van der Waals surface area contributed by atoms with Gasteiger partial charge in [0.05, 0.1) is 25.0 Å². The third kappa shape index (κ3) is 5.26. The maximum Gasteiger partial charge on any atom is 0.264 e. The van der Waals surface area contributed by atoms with E-state index in [1.54, 1.807) is 22.8 Å². The highest BCUT2D eigenvalue weighted by Crippen LogP contribution is 2.47. The van der Waals surface area contributed by atoms with Gasteiger partial charge in [-0.05, 0) is 64.9 Å². The van der Waals surface area contributed by atoms with Gasteiger partial charge in [0.1, 0.15) is 5.75 Å². The van der Waals surface area contributed by atoms with E-state index in [0.717, 1.165) is 14.8 Å². The second-order valence-corrected chi connectivity index (χ2v) is 9.86. The molecule has 0 saturated carbocycles. The monoisotopic (exact) mass is 588 g/mol. The molecular weight excluding hydrogens is 559 g/mol. The Morgan fingerprint density at radius 2 is 2.00 bits per heavy atom. The summed E-state index contributed by atoms with van der Waals surface area (Å²) in [5.41, 5.74) is 1.27. The maximum absolute atomic E-state index is 13.7. The van der Waals surface area contributed by atoms with Gasteiger partial charge in [-0.3, -0.25) is 9.48 Å². The molecule has 0 saturated heterocycles. The van der Waals surface area contributed by atoms with Gasteiger partial charge in [0, 0.05) is 40.8 Å². The van der Waals surface area contributed by atoms with E-state index in [1.807, 2.05) is 61.7 Å². The first kappa shape index (κ1) is 25.3. The van der Waals surface area contributed by atoms with Crippen molar-refractivity contribution in [1.82, 2.24) is 15.0 Å². The van der Waals surface area contributed by atoms with Crippen LogP contribution in [0.3, 0.4) is 0 Å². The summed E-state index contributed by atoms with van der Waals surface area (Å²) in [6.45, 7) is 2.87. The zero-order valence-corrected chi connectivity index (χ0v) is 21.9. The number of anilines is 1. The summed E-state index contributed by atoms with van der Waals surface area (Å²) >= 11 is 2.25. The van der Waals surface area contributed by atoms with Crippen molar-refractivity contribution in [3.05, 3.63) is 81.2 Å². The lowest BCUT2D eigenvalue weighted by atomic mass is 9.83. The average molecular weight is 588 g/mol. The second-order valence-electron chi connectivity index (χ2n) is 8.62. The number of carbonyl (C=O) groups is 1. The number of nitrogens with zero attached hydrogens (tertiary/aromatic N) is 4. The summed E-state index contributed by atoms with van der Waals surface area (Å²) in [5.74, 6) is -0.225. The number of fused-ring (bicyclic) bond motifs is 1. The third-order valence-electron chi connectivity index (χ3n) is 6.29. The van der Waals surface area contributed by atoms with Crippen LogP contribution in [0.15, 0.2) is 60.8 Å². The molecule has 2 aromatic carbocycles. The second kappa shape index (κ2) is 10.9. The van der Waals surface area contributed by atoms with E-state index in [9.17, 15) is 9.90 Å². The molecular formula is C26H29IN4O4. The number of halogens is 1. The Kier molecular flexibility index (Phi) is 7.88. The van der Waals surface area contributed by atoms with Crippen LogP contribution in [0.4, 0.5) is 5.69 Å². The summed E-state index contributed by atoms with van der Waals surface area (Å²) in [4.78, 5) is 15.3. The number of carbonyl (C=O) groups excluding carboxylic acids is 1. The molecule has 0 bridgehead atoms. The van der Waals surface area contributed by atoms with Crippen LogP contribution in [0.1, 0.15) is 30.2 Å². The smallest absolute Gasteiger partial charge is 0.264 e. The lowest BCUT2D eigenvalue weighted by molar-refractivity contribution is -0.139. The van der Waals surface area contributed by atoms with Gasteiger partial charge in [0.25, 0.3) is 5.91 Å². The predicted molar refractivity (Wildman–Crippen MR) is 141 cm³/mol. The fourth-order valence-electron chi connectivity index (χ4n) is 4.31. The minimum Gasteiger partial charge on any atom is -0.497 e. The number of aliphatic hydroxyl groups excluding tert-OH is 1. The minimum absolute atomic E-state index is 0.0373. The summed E-state index contributed by atoms with van der Waals surface area (Å²) in [5, 5.41) is 28.9. The molecule has 1 aromatic heterocycles. The Balaban J connectivity index is 1.54. The number of benzene rings is 2. The van der Waals surface area contributed by atoms with E-state index in [2.05, 4.69) is 32.9 Å². The Hall–Kier alpha value is -2.76. The number of aryl methyl sites for hydroxylation is 1. The molecule has 4 rings (SSSR count). The highest BCUT2D eigenvalue weighted by molar-refractivity contribution is 14.1. The molecule has 0 radical (unpaired) electrons. The van der Waals surface area contributed by atoms with Crippen molar-refractivity contribution in [2.75, 3.05) is 18.6 Å². The molecule has 35 heavy (non-hydrogen) atoms.